The Hall–Kier alpha value is -0.600. The standard InChI is InChI=1S/C11H20N2O2S/c1-11(2,8-12)9-13-16(14,15)10-6-4-3-5-7-10/h10,13H,3-7,9H2,1-2H3. The third-order valence-electron chi connectivity index (χ3n) is 3.01. The van der Waals surface area contributed by atoms with Crippen LogP contribution in [0.3, 0.4) is 0 Å². The van der Waals surface area contributed by atoms with Crippen molar-refractivity contribution in [2.24, 2.45) is 5.41 Å². The zero-order valence-corrected chi connectivity index (χ0v) is 10.8. The fourth-order valence-corrected chi connectivity index (χ4v) is 3.57. The second kappa shape index (κ2) is 5.15. The molecule has 92 valence electrons. The van der Waals surface area contributed by atoms with Gasteiger partial charge in [0.15, 0.2) is 0 Å². The van der Waals surface area contributed by atoms with E-state index in [1.54, 1.807) is 13.8 Å². The van der Waals surface area contributed by atoms with E-state index < -0.39 is 15.4 Å². The molecule has 4 nitrogen and oxygen atoms in total. The van der Waals surface area contributed by atoms with Crippen LogP contribution in [0.4, 0.5) is 0 Å². The Bertz CT molecular complexity index is 362. The summed E-state index contributed by atoms with van der Waals surface area (Å²) in [7, 11) is -3.23. The lowest BCUT2D eigenvalue weighted by atomic mass is 9.97. The minimum absolute atomic E-state index is 0.197. The topological polar surface area (TPSA) is 70.0 Å². The largest absolute Gasteiger partial charge is 0.214 e. The first-order valence-corrected chi connectivity index (χ1v) is 7.32. The average Bonchev–Trinajstić information content (AvgIpc) is 2.28. The molecule has 0 saturated heterocycles. The number of nitrogens with one attached hydrogen (secondary N) is 1. The van der Waals surface area contributed by atoms with E-state index >= 15 is 0 Å². The molecule has 0 atom stereocenters. The summed E-state index contributed by atoms with van der Waals surface area (Å²) >= 11 is 0. The summed E-state index contributed by atoms with van der Waals surface area (Å²) in [5.41, 5.74) is -0.637. The van der Waals surface area contributed by atoms with Gasteiger partial charge in [-0.3, -0.25) is 0 Å². The summed E-state index contributed by atoms with van der Waals surface area (Å²) in [5, 5.41) is 8.56. The van der Waals surface area contributed by atoms with E-state index in [-0.39, 0.29) is 11.8 Å². The van der Waals surface area contributed by atoms with Gasteiger partial charge in [-0.25, -0.2) is 13.1 Å². The maximum Gasteiger partial charge on any atom is 0.214 e. The summed E-state index contributed by atoms with van der Waals surface area (Å²) in [5.74, 6) is 0. The quantitative estimate of drug-likeness (QED) is 0.819. The van der Waals surface area contributed by atoms with Crippen molar-refractivity contribution in [1.82, 2.24) is 4.72 Å². The minimum atomic E-state index is -3.23. The van der Waals surface area contributed by atoms with Gasteiger partial charge in [0.1, 0.15) is 0 Å². The number of rotatable bonds is 4. The maximum atomic E-state index is 11.9. The molecule has 0 aromatic heterocycles. The molecule has 0 spiro atoms. The van der Waals surface area contributed by atoms with Gasteiger partial charge in [-0.1, -0.05) is 19.3 Å². The van der Waals surface area contributed by atoms with Crippen LogP contribution in [0.1, 0.15) is 46.0 Å². The molecule has 1 saturated carbocycles. The van der Waals surface area contributed by atoms with E-state index in [4.69, 9.17) is 5.26 Å². The average molecular weight is 244 g/mol. The summed E-state index contributed by atoms with van der Waals surface area (Å²) in [6.07, 6.45) is 4.63. The summed E-state index contributed by atoms with van der Waals surface area (Å²) in [6, 6.07) is 2.09. The van der Waals surface area contributed by atoms with E-state index in [1.807, 2.05) is 0 Å². The van der Waals surface area contributed by atoms with E-state index in [0.29, 0.717) is 0 Å². The van der Waals surface area contributed by atoms with Crippen molar-refractivity contribution < 1.29 is 8.42 Å². The van der Waals surface area contributed by atoms with Crippen LogP contribution >= 0.6 is 0 Å². The smallest absolute Gasteiger partial charge is 0.213 e. The number of sulfonamides is 1. The van der Waals surface area contributed by atoms with E-state index in [9.17, 15) is 8.42 Å². The van der Waals surface area contributed by atoms with Crippen molar-refractivity contribution in [3.05, 3.63) is 0 Å². The Kier molecular flexibility index (Phi) is 4.34. The highest BCUT2D eigenvalue weighted by atomic mass is 32.2. The van der Waals surface area contributed by atoms with Gasteiger partial charge >= 0.3 is 0 Å². The van der Waals surface area contributed by atoms with E-state index in [0.717, 1.165) is 32.1 Å². The number of hydrogen-bond acceptors (Lipinski definition) is 3. The molecular formula is C11H20N2O2S. The van der Waals surface area contributed by atoms with Gasteiger partial charge in [0, 0.05) is 6.54 Å². The Morgan fingerprint density at radius 3 is 2.38 bits per heavy atom. The van der Waals surface area contributed by atoms with Gasteiger partial charge in [0.2, 0.25) is 10.0 Å². The van der Waals surface area contributed by atoms with Crippen molar-refractivity contribution in [3.63, 3.8) is 0 Å². The molecule has 0 unspecified atom stereocenters. The molecule has 1 N–H and O–H groups in total. The van der Waals surface area contributed by atoms with Gasteiger partial charge in [-0.2, -0.15) is 5.26 Å². The molecule has 0 amide bonds. The first-order chi connectivity index (χ1) is 7.37. The van der Waals surface area contributed by atoms with Crippen LogP contribution in [-0.2, 0) is 10.0 Å². The van der Waals surface area contributed by atoms with Crippen LogP contribution in [0.25, 0.3) is 0 Å². The van der Waals surface area contributed by atoms with Gasteiger partial charge in [0.05, 0.1) is 16.7 Å². The van der Waals surface area contributed by atoms with E-state index in [1.165, 1.54) is 0 Å². The second-order valence-corrected chi connectivity index (χ2v) is 7.17. The molecule has 1 rings (SSSR count). The fraction of sp³-hybridized carbons (Fsp3) is 0.909. The van der Waals surface area contributed by atoms with Crippen LogP contribution < -0.4 is 4.72 Å². The Labute approximate surface area is 98.1 Å². The molecule has 0 aromatic rings. The second-order valence-electron chi connectivity index (χ2n) is 5.12. The predicted molar refractivity (Wildman–Crippen MR) is 63.2 cm³/mol. The number of hydrogen-bond donors (Lipinski definition) is 1. The minimum Gasteiger partial charge on any atom is -0.213 e. The van der Waals surface area contributed by atoms with Crippen LogP contribution in [0.5, 0.6) is 0 Å². The molecule has 1 aliphatic carbocycles. The molecule has 0 radical (unpaired) electrons. The van der Waals surface area contributed by atoms with Gasteiger partial charge in [0.25, 0.3) is 0 Å². The molecule has 0 aromatic carbocycles. The Morgan fingerprint density at radius 2 is 1.88 bits per heavy atom. The highest BCUT2D eigenvalue weighted by molar-refractivity contribution is 7.90. The summed E-state index contributed by atoms with van der Waals surface area (Å²) in [4.78, 5) is 0. The summed E-state index contributed by atoms with van der Waals surface area (Å²) < 4.78 is 26.4. The van der Waals surface area contributed by atoms with Crippen molar-refractivity contribution in [1.29, 1.82) is 5.26 Å². The van der Waals surface area contributed by atoms with Crippen LogP contribution in [0.2, 0.25) is 0 Å². The first-order valence-electron chi connectivity index (χ1n) is 5.77. The highest BCUT2D eigenvalue weighted by Crippen LogP contribution is 2.23. The number of nitriles is 1. The van der Waals surface area contributed by atoms with Gasteiger partial charge < -0.3 is 0 Å². The Morgan fingerprint density at radius 1 is 1.31 bits per heavy atom. The molecule has 5 heteroatoms. The predicted octanol–water partition coefficient (Wildman–Crippen LogP) is 1.79. The lowest BCUT2D eigenvalue weighted by molar-refractivity contribution is 0.453. The van der Waals surface area contributed by atoms with Crippen LogP contribution in [0.15, 0.2) is 0 Å². The summed E-state index contributed by atoms with van der Waals surface area (Å²) in [6.45, 7) is 3.66. The third kappa shape index (κ3) is 3.76. The Balaban J connectivity index is 2.55. The van der Waals surface area contributed by atoms with E-state index in [2.05, 4.69) is 10.8 Å². The van der Waals surface area contributed by atoms with Gasteiger partial charge in [-0.15, -0.1) is 0 Å². The normalized spacial score (nSPS) is 19.3. The molecule has 0 aliphatic heterocycles. The maximum absolute atomic E-state index is 11.9. The number of nitrogens with zero attached hydrogens (tertiary/aromatic N) is 1. The molecule has 0 heterocycles. The lowest BCUT2D eigenvalue weighted by Crippen LogP contribution is -2.40. The molecule has 1 fully saturated rings. The SMILES string of the molecule is CC(C)(C#N)CNS(=O)(=O)C1CCCCC1. The lowest BCUT2D eigenvalue weighted by Gasteiger charge is -2.24. The van der Waals surface area contributed by atoms with Gasteiger partial charge in [-0.05, 0) is 26.7 Å². The molecular weight excluding hydrogens is 224 g/mol. The van der Waals surface area contributed by atoms with Crippen molar-refractivity contribution in [2.45, 2.75) is 51.2 Å². The molecule has 16 heavy (non-hydrogen) atoms. The van der Waals surface area contributed by atoms with Crippen molar-refractivity contribution in [3.8, 4) is 6.07 Å². The highest BCUT2D eigenvalue weighted by Gasteiger charge is 2.29. The molecule has 0 bridgehead atoms. The van der Waals surface area contributed by atoms with Crippen LogP contribution in [-0.4, -0.2) is 20.2 Å². The molecule has 1 aliphatic rings. The third-order valence-corrected chi connectivity index (χ3v) is 4.90. The first kappa shape index (κ1) is 13.5. The monoisotopic (exact) mass is 244 g/mol. The zero-order chi connectivity index (χ0) is 12.2. The van der Waals surface area contributed by atoms with Crippen LogP contribution in [0, 0.1) is 16.7 Å². The zero-order valence-electron chi connectivity index (χ0n) is 9.99. The van der Waals surface area contributed by atoms with Crippen molar-refractivity contribution in [2.75, 3.05) is 6.54 Å². The fourth-order valence-electron chi connectivity index (χ4n) is 1.81. The van der Waals surface area contributed by atoms with Crippen molar-refractivity contribution >= 4 is 10.0 Å².